The fourth-order valence-electron chi connectivity index (χ4n) is 2.28. The molecule has 1 aromatic carbocycles. The number of methoxy groups -OCH3 is 1. The molecule has 8 nitrogen and oxygen atoms in total. The van der Waals surface area contributed by atoms with Gasteiger partial charge in [-0.3, -0.25) is 9.44 Å². The number of anilines is 2. The molecule has 0 aliphatic rings. The number of rotatable bonds is 7. The number of hydrogen-bond acceptors (Lipinski definition) is 8. The third-order valence-electron chi connectivity index (χ3n) is 3.60. The number of carbonyl (C=O) groups is 1. The van der Waals surface area contributed by atoms with E-state index in [4.69, 9.17) is 23.2 Å². The number of esters is 1. The molecule has 0 aliphatic heterocycles. The lowest BCUT2D eigenvalue weighted by Crippen LogP contribution is -2.18. The molecule has 0 unspecified atom stereocenters. The van der Waals surface area contributed by atoms with Crippen LogP contribution in [0.2, 0.25) is 10.0 Å². The summed E-state index contributed by atoms with van der Waals surface area (Å²) >= 11 is 13.9. The topological polar surface area (TPSA) is 119 Å². The first-order valence-electron chi connectivity index (χ1n) is 7.79. The van der Waals surface area contributed by atoms with Gasteiger partial charge in [-0.05, 0) is 35.0 Å². The molecule has 3 aromatic rings. The standard InChI is InChI=1S/C16H12Cl2N2O6S4/c1-26-16(21)15-13(4-6-28-15)29(22,23)19-11-7-9(17)10(18)8-12(11)20-30(24,25)14-3-2-5-27-14/h2-8,19-20H,1H3. The van der Waals surface area contributed by atoms with Gasteiger partial charge < -0.3 is 4.74 Å². The fourth-order valence-corrected chi connectivity index (χ4v) is 7.07. The van der Waals surface area contributed by atoms with Crippen molar-refractivity contribution in [3.05, 3.63) is 56.0 Å². The minimum absolute atomic E-state index is 0.00746. The predicted molar refractivity (Wildman–Crippen MR) is 118 cm³/mol. The molecule has 3 rings (SSSR count). The number of halogens is 2. The van der Waals surface area contributed by atoms with Crippen LogP contribution in [0.15, 0.2) is 50.2 Å². The van der Waals surface area contributed by atoms with Crippen LogP contribution in [0.5, 0.6) is 0 Å². The summed E-state index contributed by atoms with van der Waals surface area (Å²) in [5, 5.41) is 3.00. The summed E-state index contributed by atoms with van der Waals surface area (Å²) in [6.07, 6.45) is 0. The average molecular weight is 527 g/mol. The van der Waals surface area contributed by atoms with Crippen LogP contribution in [0.25, 0.3) is 0 Å². The van der Waals surface area contributed by atoms with Crippen molar-refractivity contribution in [2.45, 2.75) is 9.10 Å². The van der Waals surface area contributed by atoms with Crippen molar-refractivity contribution in [1.29, 1.82) is 0 Å². The Labute approximate surface area is 190 Å². The zero-order chi connectivity index (χ0) is 22.1. The van der Waals surface area contributed by atoms with Crippen LogP contribution in [0, 0.1) is 0 Å². The van der Waals surface area contributed by atoms with Crippen LogP contribution in [0.1, 0.15) is 9.67 Å². The summed E-state index contributed by atoms with van der Waals surface area (Å²) in [7, 11) is -7.16. The van der Waals surface area contributed by atoms with Gasteiger partial charge in [-0.1, -0.05) is 29.3 Å². The van der Waals surface area contributed by atoms with Gasteiger partial charge in [-0.15, -0.1) is 22.7 Å². The van der Waals surface area contributed by atoms with E-state index >= 15 is 0 Å². The molecule has 2 aromatic heterocycles. The summed E-state index contributed by atoms with van der Waals surface area (Å²) in [5.74, 6) is -0.821. The molecule has 14 heteroatoms. The molecule has 0 spiro atoms. The lowest BCUT2D eigenvalue weighted by atomic mass is 10.3. The zero-order valence-electron chi connectivity index (χ0n) is 14.9. The highest BCUT2D eigenvalue weighted by Gasteiger charge is 2.27. The van der Waals surface area contributed by atoms with Gasteiger partial charge in [0, 0.05) is 0 Å². The second-order valence-electron chi connectivity index (χ2n) is 5.56. The first kappa shape index (κ1) is 22.8. The maximum Gasteiger partial charge on any atom is 0.349 e. The highest BCUT2D eigenvalue weighted by molar-refractivity contribution is 7.94. The highest BCUT2D eigenvalue weighted by atomic mass is 35.5. The van der Waals surface area contributed by atoms with Gasteiger partial charge in [0.25, 0.3) is 20.0 Å². The maximum absolute atomic E-state index is 12.9. The number of benzene rings is 1. The van der Waals surface area contributed by atoms with Gasteiger partial charge in [-0.25, -0.2) is 21.6 Å². The van der Waals surface area contributed by atoms with E-state index < -0.39 is 26.0 Å². The van der Waals surface area contributed by atoms with E-state index in [1.165, 1.54) is 23.6 Å². The minimum Gasteiger partial charge on any atom is -0.465 e. The molecule has 0 saturated carbocycles. The normalized spacial score (nSPS) is 11.8. The molecule has 160 valence electrons. The van der Waals surface area contributed by atoms with Crippen molar-refractivity contribution in [2.24, 2.45) is 0 Å². The Bertz CT molecular complexity index is 1300. The Morgan fingerprint density at radius 3 is 2.07 bits per heavy atom. The molecule has 0 aliphatic carbocycles. The summed E-state index contributed by atoms with van der Waals surface area (Å²) in [6.45, 7) is 0. The SMILES string of the molecule is COC(=O)c1sccc1S(=O)(=O)Nc1cc(Cl)c(Cl)cc1NS(=O)(=O)c1cccs1. The molecule has 0 radical (unpaired) electrons. The van der Waals surface area contributed by atoms with Crippen LogP contribution in [-0.2, 0) is 24.8 Å². The first-order chi connectivity index (χ1) is 14.0. The molecule has 0 fully saturated rings. The Morgan fingerprint density at radius 1 is 0.933 bits per heavy atom. The van der Waals surface area contributed by atoms with Gasteiger partial charge >= 0.3 is 5.97 Å². The molecule has 0 saturated heterocycles. The van der Waals surface area contributed by atoms with Gasteiger partial charge in [0.15, 0.2) is 0 Å². The fraction of sp³-hybridized carbons (Fsp3) is 0.0625. The van der Waals surface area contributed by atoms with E-state index in [1.807, 2.05) is 0 Å². The number of nitrogens with one attached hydrogen (secondary N) is 2. The van der Waals surface area contributed by atoms with Gasteiger partial charge in [0.05, 0.1) is 28.5 Å². The number of carbonyl (C=O) groups excluding carboxylic acids is 1. The number of thiophene rings is 2. The largest absolute Gasteiger partial charge is 0.465 e. The van der Waals surface area contributed by atoms with Crippen LogP contribution in [-0.4, -0.2) is 29.9 Å². The van der Waals surface area contributed by atoms with Crippen molar-refractivity contribution < 1.29 is 26.4 Å². The lowest BCUT2D eigenvalue weighted by Gasteiger charge is -2.15. The Balaban J connectivity index is 2.03. The summed E-state index contributed by atoms with van der Waals surface area (Å²) < 4.78 is 60.1. The van der Waals surface area contributed by atoms with E-state index in [0.29, 0.717) is 0 Å². The van der Waals surface area contributed by atoms with Crippen molar-refractivity contribution in [3.8, 4) is 0 Å². The van der Waals surface area contributed by atoms with Crippen molar-refractivity contribution in [1.82, 2.24) is 0 Å². The van der Waals surface area contributed by atoms with E-state index in [9.17, 15) is 21.6 Å². The Hall–Kier alpha value is -1.83. The molecule has 0 atom stereocenters. The van der Waals surface area contributed by atoms with Crippen LogP contribution in [0.3, 0.4) is 0 Å². The number of sulfonamides is 2. The molecular formula is C16H12Cl2N2O6S4. The molecular weight excluding hydrogens is 515 g/mol. The van der Waals surface area contributed by atoms with Crippen molar-refractivity contribution in [3.63, 3.8) is 0 Å². The quantitative estimate of drug-likeness (QED) is 0.437. The van der Waals surface area contributed by atoms with Gasteiger partial charge in [0.1, 0.15) is 14.0 Å². The van der Waals surface area contributed by atoms with E-state index in [0.717, 1.165) is 35.8 Å². The third-order valence-corrected chi connectivity index (χ3v) is 9.52. The maximum atomic E-state index is 12.9. The van der Waals surface area contributed by atoms with Crippen LogP contribution in [0.4, 0.5) is 11.4 Å². The minimum atomic E-state index is -4.29. The smallest absolute Gasteiger partial charge is 0.349 e. The summed E-state index contributed by atoms with van der Waals surface area (Å²) in [6, 6.07) is 6.52. The molecule has 30 heavy (non-hydrogen) atoms. The monoisotopic (exact) mass is 526 g/mol. The van der Waals surface area contributed by atoms with Gasteiger partial charge in [-0.2, -0.15) is 0 Å². The number of hydrogen-bond donors (Lipinski definition) is 2. The van der Waals surface area contributed by atoms with E-state index in [-0.39, 0.29) is 35.4 Å². The molecule has 2 heterocycles. The van der Waals surface area contributed by atoms with E-state index in [2.05, 4.69) is 14.2 Å². The summed E-state index contributed by atoms with van der Waals surface area (Å²) in [5.41, 5.74) is -0.317. The number of ether oxygens (including phenoxy) is 1. The second-order valence-corrected chi connectivity index (χ2v) is 11.8. The summed E-state index contributed by atoms with van der Waals surface area (Å²) in [4.78, 5) is 11.4. The molecule has 0 amide bonds. The molecule has 0 bridgehead atoms. The Kier molecular flexibility index (Phi) is 6.65. The average Bonchev–Trinajstić information content (AvgIpc) is 3.36. The second kappa shape index (κ2) is 8.73. The van der Waals surface area contributed by atoms with Gasteiger partial charge in [0.2, 0.25) is 0 Å². The zero-order valence-corrected chi connectivity index (χ0v) is 19.7. The van der Waals surface area contributed by atoms with Crippen LogP contribution >= 0.6 is 45.9 Å². The Morgan fingerprint density at radius 2 is 1.53 bits per heavy atom. The lowest BCUT2D eigenvalue weighted by molar-refractivity contribution is 0.0602. The van der Waals surface area contributed by atoms with Crippen LogP contribution < -0.4 is 9.44 Å². The predicted octanol–water partition coefficient (Wildman–Crippen LogP) is 4.50. The molecule has 2 N–H and O–H groups in total. The van der Waals surface area contributed by atoms with E-state index in [1.54, 1.807) is 11.4 Å². The third kappa shape index (κ3) is 4.74. The van der Waals surface area contributed by atoms with Crippen molar-refractivity contribution in [2.75, 3.05) is 16.6 Å². The first-order valence-corrected chi connectivity index (χ1v) is 13.3. The highest BCUT2D eigenvalue weighted by Crippen LogP contribution is 2.36. The van der Waals surface area contributed by atoms with Crippen molar-refractivity contribution >= 4 is 83.3 Å².